The Bertz CT molecular complexity index is 485. The third-order valence-electron chi connectivity index (χ3n) is 3.58. The Balaban J connectivity index is 2.00. The number of nitrogen functional groups attached to an aromatic ring is 1. The monoisotopic (exact) mass is 313 g/mol. The molecule has 1 aromatic rings. The molecule has 7 nitrogen and oxygen atoms in total. The van der Waals surface area contributed by atoms with Gasteiger partial charge in [0, 0.05) is 32.3 Å². The number of aliphatic hydroxyl groups is 1. The molecule has 1 aliphatic rings. The Morgan fingerprint density at radius 2 is 2.24 bits per heavy atom. The molecule has 21 heavy (non-hydrogen) atoms. The van der Waals surface area contributed by atoms with E-state index < -0.39 is 0 Å². The highest BCUT2D eigenvalue weighted by Crippen LogP contribution is 2.29. The molecule has 6 N–H and O–H groups in total. The van der Waals surface area contributed by atoms with Gasteiger partial charge in [0.2, 0.25) is 0 Å². The number of rotatable bonds is 5. The van der Waals surface area contributed by atoms with E-state index in [0.717, 1.165) is 31.1 Å². The fourth-order valence-corrected chi connectivity index (χ4v) is 3.07. The number of carbonyl (C=O) groups is 1. The van der Waals surface area contributed by atoms with Gasteiger partial charge in [0.15, 0.2) is 5.13 Å². The van der Waals surface area contributed by atoms with E-state index in [0.29, 0.717) is 11.4 Å². The van der Waals surface area contributed by atoms with Crippen LogP contribution in [0.3, 0.4) is 0 Å². The summed E-state index contributed by atoms with van der Waals surface area (Å²) in [5, 5.41) is 12.5. The topological polar surface area (TPSA) is 118 Å². The van der Waals surface area contributed by atoms with Crippen molar-refractivity contribution < 1.29 is 9.90 Å². The normalized spacial score (nSPS) is 17.8. The number of carbonyl (C=O) groups excluding carboxylic acids is 1. The van der Waals surface area contributed by atoms with E-state index in [1.807, 2.05) is 6.92 Å². The van der Waals surface area contributed by atoms with Crippen LogP contribution in [0.1, 0.15) is 29.4 Å². The zero-order chi connectivity index (χ0) is 15.4. The molecule has 0 saturated carbocycles. The first-order chi connectivity index (χ1) is 10.0. The first kappa shape index (κ1) is 16.0. The number of anilines is 2. The van der Waals surface area contributed by atoms with Crippen LogP contribution in [0.15, 0.2) is 0 Å². The van der Waals surface area contributed by atoms with Crippen molar-refractivity contribution in [3.8, 4) is 0 Å². The molecule has 0 bridgehead atoms. The lowest BCUT2D eigenvalue weighted by Crippen LogP contribution is -2.39. The summed E-state index contributed by atoms with van der Waals surface area (Å²) in [6.45, 7) is 4.00. The second kappa shape index (κ2) is 7.06. The van der Waals surface area contributed by atoms with E-state index >= 15 is 0 Å². The average molecular weight is 313 g/mol. The number of hydrogen-bond donors (Lipinski definition) is 4. The van der Waals surface area contributed by atoms with E-state index in [1.54, 1.807) is 0 Å². The van der Waals surface area contributed by atoms with Crippen LogP contribution < -0.4 is 21.7 Å². The van der Waals surface area contributed by atoms with Crippen molar-refractivity contribution in [3.05, 3.63) is 4.88 Å². The third-order valence-corrected chi connectivity index (χ3v) is 4.71. The number of nitrogens with one attached hydrogen (secondary N) is 1. The molecule has 1 unspecified atom stereocenters. The molecule has 1 fully saturated rings. The zero-order valence-corrected chi connectivity index (χ0v) is 13.0. The van der Waals surface area contributed by atoms with E-state index in [9.17, 15) is 4.79 Å². The molecule has 1 saturated heterocycles. The summed E-state index contributed by atoms with van der Waals surface area (Å²) >= 11 is 1.31. The maximum absolute atomic E-state index is 12.1. The molecule has 8 heteroatoms. The summed E-state index contributed by atoms with van der Waals surface area (Å²) in [6.07, 6.45) is 1.85. The Kier molecular flexibility index (Phi) is 5.38. The van der Waals surface area contributed by atoms with Gasteiger partial charge in [0.1, 0.15) is 10.7 Å². The van der Waals surface area contributed by atoms with Gasteiger partial charge in [-0.2, -0.15) is 0 Å². The molecule has 1 aliphatic heterocycles. The predicted octanol–water partition coefficient (Wildman–Crippen LogP) is 0.0110. The van der Waals surface area contributed by atoms with Crippen molar-refractivity contribution in [1.29, 1.82) is 0 Å². The fraction of sp³-hybridized carbons (Fsp3) is 0.692. The van der Waals surface area contributed by atoms with Crippen molar-refractivity contribution in [2.24, 2.45) is 11.7 Å². The Hall–Kier alpha value is -1.38. The van der Waals surface area contributed by atoms with Crippen LogP contribution in [0.5, 0.6) is 0 Å². The van der Waals surface area contributed by atoms with E-state index in [2.05, 4.69) is 15.2 Å². The summed E-state index contributed by atoms with van der Waals surface area (Å²) in [6, 6.07) is 0.251. The predicted molar refractivity (Wildman–Crippen MR) is 84.5 cm³/mol. The maximum Gasteiger partial charge on any atom is 0.265 e. The van der Waals surface area contributed by atoms with Crippen LogP contribution in [0.2, 0.25) is 0 Å². The van der Waals surface area contributed by atoms with Gasteiger partial charge >= 0.3 is 0 Å². The van der Waals surface area contributed by atoms with Crippen LogP contribution in [-0.2, 0) is 0 Å². The smallest absolute Gasteiger partial charge is 0.265 e. The minimum Gasteiger partial charge on any atom is -0.396 e. The first-order valence-corrected chi connectivity index (χ1v) is 7.98. The minimum absolute atomic E-state index is 0.0196. The van der Waals surface area contributed by atoms with Crippen LogP contribution in [-0.4, -0.2) is 48.3 Å². The number of hydrogen-bond acceptors (Lipinski definition) is 7. The highest BCUT2D eigenvalue weighted by molar-refractivity contribution is 7.18. The highest BCUT2D eigenvalue weighted by atomic mass is 32.1. The van der Waals surface area contributed by atoms with E-state index in [-0.39, 0.29) is 30.3 Å². The van der Waals surface area contributed by atoms with Gasteiger partial charge in [-0.1, -0.05) is 18.3 Å². The quantitative estimate of drug-likeness (QED) is 0.608. The summed E-state index contributed by atoms with van der Waals surface area (Å²) in [5.74, 6) is 0.0513. The molecule has 2 heterocycles. The van der Waals surface area contributed by atoms with Gasteiger partial charge in [-0.3, -0.25) is 4.79 Å². The number of piperidine rings is 1. The Morgan fingerprint density at radius 1 is 1.57 bits per heavy atom. The second-order valence-electron chi connectivity index (χ2n) is 5.53. The molecule has 0 aliphatic carbocycles. The second-order valence-corrected chi connectivity index (χ2v) is 6.51. The van der Waals surface area contributed by atoms with Crippen LogP contribution in [0.25, 0.3) is 0 Å². The lowest BCUT2D eigenvalue weighted by molar-refractivity contribution is 0.0947. The number of nitrogens with two attached hydrogens (primary N) is 2. The van der Waals surface area contributed by atoms with E-state index in [4.69, 9.17) is 16.6 Å². The van der Waals surface area contributed by atoms with Crippen molar-refractivity contribution in [1.82, 2.24) is 10.3 Å². The number of amides is 1. The standard InChI is InChI=1S/C13H23N5O2S/c1-8(7-19)6-16-12(20)10-11(15)17-13(21-10)18-4-2-9(14)3-5-18/h8-9,19H,2-7,14-15H2,1H3,(H,16,20). The SMILES string of the molecule is CC(CO)CNC(=O)c1sc(N2CCC(N)CC2)nc1N. The molecule has 2 rings (SSSR count). The number of thiazole rings is 1. The Labute approximate surface area is 128 Å². The van der Waals surface area contributed by atoms with Crippen molar-refractivity contribution in [2.45, 2.75) is 25.8 Å². The fourth-order valence-electron chi connectivity index (χ4n) is 2.12. The summed E-state index contributed by atoms with van der Waals surface area (Å²) in [5.41, 5.74) is 11.7. The maximum atomic E-state index is 12.1. The molecule has 1 aromatic heterocycles. The van der Waals surface area contributed by atoms with Crippen LogP contribution in [0, 0.1) is 5.92 Å². The highest BCUT2D eigenvalue weighted by Gasteiger charge is 2.22. The van der Waals surface area contributed by atoms with Gasteiger partial charge in [0.25, 0.3) is 5.91 Å². The third kappa shape index (κ3) is 4.05. The molecular formula is C13H23N5O2S. The molecule has 0 spiro atoms. The van der Waals surface area contributed by atoms with Crippen molar-refractivity contribution in [3.63, 3.8) is 0 Å². The largest absolute Gasteiger partial charge is 0.396 e. The molecule has 118 valence electrons. The van der Waals surface area contributed by atoms with Crippen molar-refractivity contribution in [2.75, 3.05) is 36.9 Å². The van der Waals surface area contributed by atoms with Gasteiger partial charge < -0.3 is 26.8 Å². The first-order valence-electron chi connectivity index (χ1n) is 7.17. The lowest BCUT2D eigenvalue weighted by atomic mass is 10.1. The molecular weight excluding hydrogens is 290 g/mol. The van der Waals surface area contributed by atoms with Gasteiger partial charge in [0.05, 0.1) is 0 Å². The minimum atomic E-state index is -0.231. The zero-order valence-electron chi connectivity index (χ0n) is 12.2. The molecule has 0 radical (unpaired) electrons. The summed E-state index contributed by atoms with van der Waals surface area (Å²) in [7, 11) is 0. The lowest BCUT2D eigenvalue weighted by Gasteiger charge is -2.29. The molecule has 1 amide bonds. The molecule has 1 atom stereocenters. The number of aromatic nitrogens is 1. The summed E-state index contributed by atoms with van der Waals surface area (Å²) in [4.78, 5) is 18.9. The van der Waals surface area contributed by atoms with E-state index in [1.165, 1.54) is 11.3 Å². The van der Waals surface area contributed by atoms with Crippen LogP contribution >= 0.6 is 11.3 Å². The number of nitrogens with zero attached hydrogens (tertiary/aromatic N) is 2. The summed E-state index contributed by atoms with van der Waals surface area (Å²) < 4.78 is 0. The van der Waals surface area contributed by atoms with Gasteiger partial charge in [-0.25, -0.2) is 4.98 Å². The average Bonchev–Trinajstić information content (AvgIpc) is 2.87. The van der Waals surface area contributed by atoms with Gasteiger partial charge in [-0.15, -0.1) is 0 Å². The van der Waals surface area contributed by atoms with Gasteiger partial charge in [-0.05, 0) is 18.8 Å². The molecule has 0 aromatic carbocycles. The number of aliphatic hydroxyl groups excluding tert-OH is 1. The van der Waals surface area contributed by atoms with Crippen LogP contribution in [0.4, 0.5) is 10.9 Å². The van der Waals surface area contributed by atoms with Crippen molar-refractivity contribution >= 4 is 28.2 Å². The Morgan fingerprint density at radius 3 is 2.86 bits per heavy atom.